The van der Waals surface area contributed by atoms with Crippen molar-refractivity contribution < 1.29 is 14.3 Å². The zero-order valence-electron chi connectivity index (χ0n) is 10.6. The van der Waals surface area contributed by atoms with Crippen LogP contribution in [0.2, 0.25) is 0 Å². The van der Waals surface area contributed by atoms with Gasteiger partial charge in [0.15, 0.2) is 0 Å². The Balaban J connectivity index is 2.49. The van der Waals surface area contributed by atoms with Crippen molar-refractivity contribution in [2.75, 3.05) is 14.2 Å². The lowest BCUT2D eigenvalue weighted by molar-refractivity contribution is 0.0595. The monoisotopic (exact) mass is 250 g/mol. The number of aromatic amines is 1. The van der Waals surface area contributed by atoms with E-state index in [4.69, 9.17) is 4.74 Å². The largest absolute Gasteiger partial charge is 0.481 e. The number of rotatable bonds is 3. The number of H-pyrrole nitrogens is 1. The van der Waals surface area contributed by atoms with E-state index in [0.717, 1.165) is 11.3 Å². The number of nitrogens with one attached hydrogen (secondary N) is 1. The van der Waals surface area contributed by atoms with Crippen molar-refractivity contribution in [3.8, 4) is 17.3 Å². The van der Waals surface area contributed by atoms with Gasteiger partial charge in [0, 0.05) is 7.05 Å². The fourth-order valence-corrected chi connectivity index (χ4v) is 1.81. The summed E-state index contributed by atoms with van der Waals surface area (Å²) in [6.07, 6.45) is 1.42. The molecule has 0 saturated heterocycles. The van der Waals surface area contributed by atoms with Gasteiger partial charge in [-0.1, -0.05) is 0 Å². The number of aromatic nitrogens is 4. The van der Waals surface area contributed by atoms with Crippen LogP contribution in [0, 0.1) is 6.92 Å². The van der Waals surface area contributed by atoms with Crippen LogP contribution in [0.15, 0.2) is 6.20 Å². The summed E-state index contributed by atoms with van der Waals surface area (Å²) < 4.78 is 11.5. The summed E-state index contributed by atoms with van der Waals surface area (Å²) in [5, 5.41) is 4.25. The van der Waals surface area contributed by atoms with E-state index in [1.165, 1.54) is 13.3 Å². The zero-order chi connectivity index (χ0) is 13.3. The Morgan fingerprint density at radius 3 is 2.78 bits per heavy atom. The van der Waals surface area contributed by atoms with Gasteiger partial charge in [0.2, 0.25) is 5.88 Å². The molecule has 0 atom stereocenters. The molecule has 0 unspecified atom stereocenters. The topological polar surface area (TPSA) is 82.0 Å². The third-order valence-electron chi connectivity index (χ3n) is 2.58. The van der Waals surface area contributed by atoms with Crippen LogP contribution in [-0.2, 0) is 11.8 Å². The van der Waals surface area contributed by atoms with E-state index in [1.807, 2.05) is 6.92 Å². The first-order chi connectivity index (χ1) is 8.58. The highest BCUT2D eigenvalue weighted by Gasteiger charge is 2.20. The second-order valence-corrected chi connectivity index (χ2v) is 3.73. The molecule has 0 aliphatic carbocycles. The highest BCUT2D eigenvalue weighted by molar-refractivity contribution is 5.87. The molecule has 2 heterocycles. The summed E-state index contributed by atoms with van der Waals surface area (Å²) >= 11 is 0. The Morgan fingerprint density at radius 1 is 1.44 bits per heavy atom. The molecule has 0 fully saturated rings. The molecular formula is C11H14N4O3. The predicted molar refractivity (Wildman–Crippen MR) is 63.4 cm³/mol. The molecule has 0 amide bonds. The molecule has 2 aromatic rings. The molecule has 0 aliphatic rings. The molecule has 1 N–H and O–H groups in total. The molecule has 96 valence electrons. The van der Waals surface area contributed by atoms with E-state index in [9.17, 15) is 4.79 Å². The summed E-state index contributed by atoms with van der Waals surface area (Å²) in [5.41, 5.74) is 1.79. The lowest BCUT2D eigenvalue weighted by atomic mass is 10.2. The van der Waals surface area contributed by atoms with Crippen molar-refractivity contribution in [1.82, 2.24) is 19.7 Å². The smallest absolute Gasteiger partial charge is 0.356 e. The molecular weight excluding hydrogens is 236 g/mol. The summed E-state index contributed by atoms with van der Waals surface area (Å²) in [5.74, 6) is 0.644. The number of nitrogens with zero attached hydrogens (tertiary/aromatic N) is 3. The molecule has 0 aromatic carbocycles. The molecule has 0 bridgehead atoms. The van der Waals surface area contributed by atoms with Crippen molar-refractivity contribution in [2.24, 2.45) is 7.05 Å². The van der Waals surface area contributed by atoms with Crippen LogP contribution in [0.3, 0.4) is 0 Å². The van der Waals surface area contributed by atoms with Gasteiger partial charge in [0.05, 0.1) is 26.1 Å². The SMILES string of the molecule is COC(=O)c1cnc(-c2c(C)nn(C)c2OC)[nH]1. The van der Waals surface area contributed by atoms with Gasteiger partial charge in [-0.25, -0.2) is 14.5 Å². The minimum Gasteiger partial charge on any atom is -0.481 e. The van der Waals surface area contributed by atoms with Gasteiger partial charge in [-0.15, -0.1) is 0 Å². The number of carbonyl (C=O) groups excluding carboxylic acids is 1. The van der Waals surface area contributed by atoms with Gasteiger partial charge in [-0.3, -0.25) is 0 Å². The molecule has 7 heteroatoms. The maximum absolute atomic E-state index is 11.4. The Bertz CT molecular complexity index is 585. The maximum atomic E-state index is 11.4. The van der Waals surface area contributed by atoms with E-state index >= 15 is 0 Å². The first-order valence-electron chi connectivity index (χ1n) is 5.29. The van der Waals surface area contributed by atoms with Gasteiger partial charge >= 0.3 is 5.97 Å². The summed E-state index contributed by atoms with van der Waals surface area (Å²) in [4.78, 5) is 18.4. The van der Waals surface area contributed by atoms with E-state index < -0.39 is 5.97 Å². The van der Waals surface area contributed by atoms with Crippen molar-refractivity contribution in [1.29, 1.82) is 0 Å². The molecule has 7 nitrogen and oxygen atoms in total. The van der Waals surface area contributed by atoms with Crippen LogP contribution in [0.1, 0.15) is 16.2 Å². The lowest BCUT2D eigenvalue weighted by Crippen LogP contribution is -2.01. The molecule has 2 aromatic heterocycles. The van der Waals surface area contributed by atoms with Crippen molar-refractivity contribution in [3.63, 3.8) is 0 Å². The summed E-state index contributed by atoms with van der Waals surface area (Å²) in [6, 6.07) is 0. The lowest BCUT2D eigenvalue weighted by Gasteiger charge is -2.02. The molecule has 0 saturated carbocycles. The average molecular weight is 250 g/mol. The fourth-order valence-electron chi connectivity index (χ4n) is 1.81. The van der Waals surface area contributed by atoms with Crippen molar-refractivity contribution in [2.45, 2.75) is 6.92 Å². The number of imidazole rings is 1. The fraction of sp³-hybridized carbons (Fsp3) is 0.364. The average Bonchev–Trinajstić information content (AvgIpc) is 2.92. The second-order valence-electron chi connectivity index (χ2n) is 3.73. The third kappa shape index (κ3) is 1.83. The Morgan fingerprint density at radius 2 is 2.17 bits per heavy atom. The van der Waals surface area contributed by atoms with Gasteiger partial charge < -0.3 is 14.5 Å². The Kier molecular flexibility index (Phi) is 3.05. The number of hydrogen-bond donors (Lipinski definition) is 1. The van der Waals surface area contributed by atoms with Gasteiger partial charge in [0.25, 0.3) is 0 Å². The van der Waals surface area contributed by atoms with E-state index in [1.54, 1.807) is 18.8 Å². The zero-order valence-corrected chi connectivity index (χ0v) is 10.6. The summed E-state index contributed by atoms with van der Waals surface area (Å²) in [6.45, 7) is 1.85. The van der Waals surface area contributed by atoms with Crippen molar-refractivity contribution in [3.05, 3.63) is 17.6 Å². The second kappa shape index (κ2) is 4.52. The number of esters is 1. The Hall–Kier alpha value is -2.31. The van der Waals surface area contributed by atoms with Crippen LogP contribution < -0.4 is 4.74 Å². The third-order valence-corrected chi connectivity index (χ3v) is 2.58. The highest BCUT2D eigenvalue weighted by Crippen LogP contribution is 2.30. The number of methoxy groups -OCH3 is 2. The van der Waals surface area contributed by atoms with Gasteiger partial charge in [-0.2, -0.15) is 5.10 Å². The minimum absolute atomic E-state index is 0.290. The quantitative estimate of drug-likeness (QED) is 0.819. The van der Waals surface area contributed by atoms with Crippen LogP contribution in [0.4, 0.5) is 0 Å². The minimum atomic E-state index is -0.464. The van der Waals surface area contributed by atoms with Crippen LogP contribution in [-0.4, -0.2) is 39.9 Å². The van der Waals surface area contributed by atoms with E-state index in [-0.39, 0.29) is 5.69 Å². The van der Waals surface area contributed by atoms with Gasteiger partial charge in [0.1, 0.15) is 17.1 Å². The molecule has 2 rings (SSSR count). The first-order valence-corrected chi connectivity index (χ1v) is 5.29. The Labute approximate surface area is 104 Å². The highest BCUT2D eigenvalue weighted by atomic mass is 16.5. The molecule has 0 radical (unpaired) electrons. The van der Waals surface area contributed by atoms with E-state index in [2.05, 4.69) is 19.8 Å². The normalized spacial score (nSPS) is 10.4. The first kappa shape index (κ1) is 12.2. The molecule has 18 heavy (non-hydrogen) atoms. The number of aryl methyl sites for hydroxylation is 2. The standard InChI is InChI=1S/C11H14N4O3/c1-6-8(10(17-3)15(2)14-6)9-12-5-7(13-9)11(16)18-4/h5H,1-4H3,(H,12,13). The van der Waals surface area contributed by atoms with Crippen LogP contribution in [0.5, 0.6) is 5.88 Å². The van der Waals surface area contributed by atoms with Gasteiger partial charge in [-0.05, 0) is 6.92 Å². The summed E-state index contributed by atoms with van der Waals surface area (Å²) in [7, 11) is 4.66. The number of hydrogen-bond acceptors (Lipinski definition) is 5. The van der Waals surface area contributed by atoms with E-state index in [0.29, 0.717) is 11.7 Å². The molecule has 0 spiro atoms. The molecule has 0 aliphatic heterocycles. The predicted octanol–water partition coefficient (Wildman–Crippen LogP) is 0.914. The number of ether oxygens (including phenoxy) is 2. The van der Waals surface area contributed by atoms with Crippen LogP contribution in [0.25, 0.3) is 11.4 Å². The maximum Gasteiger partial charge on any atom is 0.356 e. The van der Waals surface area contributed by atoms with Crippen molar-refractivity contribution >= 4 is 5.97 Å². The van der Waals surface area contributed by atoms with Crippen LogP contribution >= 0.6 is 0 Å². The number of carbonyl (C=O) groups is 1.